The van der Waals surface area contributed by atoms with Crippen molar-refractivity contribution in [2.45, 2.75) is 260 Å². The number of amides is 1. The van der Waals surface area contributed by atoms with E-state index < -0.39 is 79.2 Å². The summed E-state index contributed by atoms with van der Waals surface area (Å²) in [7, 11) is -7.59. The summed E-state index contributed by atoms with van der Waals surface area (Å²) >= 11 is 0. The molecule has 0 unspecified atom stereocenters. The molecule has 30 heteroatoms. The Kier molecular flexibility index (Phi) is 34.9. The van der Waals surface area contributed by atoms with Crippen molar-refractivity contribution in [3.05, 3.63) is 25.3 Å². The second-order valence-corrected chi connectivity index (χ2v) is 29.7. The molecule has 0 aliphatic rings. The van der Waals surface area contributed by atoms with Crippen LogP contribution in [0.3, 0.4) is 0 Å². The molecule has 0 saturated carbocycles. The van der Waals surface area contributed by atoms with Gasteiger partial charge in [-0.25, -0.2) is 55.0 Å². The molecule has 0 fully saturated rings. The summed E-state index contributed by atoms with van der Waals surface area (Å²) in [6.07, 6.45) is 19.4. The van der Waals surface area contributed by atoms with Crippen molar-refractivity contribution >= 4 is 78.8 Å². The quantitative estimate of drug-likeness (QED) is 0.0104. The molecule has 0 radical (unpaired) electrons. The molecule has 4 rings (SSSR count). The van der Waals surface area contributed by atoms with E-state index in [0.717, 1.165) is 103 Å². The van der Waals surface area contributed by atoms with E-state index in [1.165, 1.54) is 19.0 Å². The third kappa shape index (κ3) is 28.1. The number of nitrogens with two attached hydrogens (primary N) is 1. The van der Waals surface area contributed by atoms with E-state index in [-0.39, 0.29) is 63.9 Å². The van der Waals surface area contributed by atoms with Crippen LogP contribution in [0.2, 0.25) is 0 Å². The Morgan fingerprint density at radius 3 is 1.14 bits per heavy atom. The van der Waals surface area contributed by atoms with Gasteiger partial charge in [0.15, 0.2) is 28.4 Å². The maximum Gasteiger partial charge on any atom is 0.412 e. The van der Waals surface area contributed by atoms with Gasteiger partial charge in [0.25, 0.3) is 0 Å². The van der Waals surface area contributed by atoms with Crippen LogP contribution < -0.4 is 31.4 Å². The molecule has 7 N–H and O–H groups in total. The normalized spacial score (nSPS) is 13.1. The number of nitrogens with one attached hydrogen (secondary N) is 5. The Bertz CT molecular complexity index is 2910. The topological polar surface area (TPSA) is 357 Å². The standard InChI is InChI=1S/C33H58N7O8P.C29H52N7O6P/c1-9-12-14-16-19-45-29(41)32(5,6)38-49(44,39-33(7,8)30(42)46-20-17-15-13-10-2)24-48-25(4)21-40-23-36-26-27(34-22-35-28(26)40)37-31(43)47-18-11-3;1-8-10-12-14-16-40-26(37)28(4,5)34-43(39,35-29(6,7)27(38)41-17-15-13-11-9-2)21-42-22(3)18-36-20-33-23-24(30)31-19-32-25(23)36/h22-23,25H,9-21,24H2,1-8H3,(H2,38,39,44)(H,34,35,37,43);19-20,22H,8-18,21H2,1-7H3,(H2,30,31,32)(H2,34,35,39)/t25-;22-/m11/s1. The van der Waals surface area contributed by atoms with Crippen molar-refractivity contribution in [1.29, 1.82) is 0 Å². The zero-order valence-corrected chi connectivity index (χ0v) is 59.4. The van der Waals surface area contributed by atoms with Gasteiger partial charge in [0, 0.05) is 0 Å². The average Bonchev–Trinajstić information content (AvgIpc) is 1.21. The molecule has 0 aromatic carbocycles. The van der Waals surface area contributed by atoms with Crippen molar-refractivity contribution in [3.8, 4) is 0 Å². The number of nitrogens with zero attached hydrogens (tertiary/aromatic N) is 8. The third-order valence-corrected chi connectivity index (χ3v) is 19.0. The molecular weight excluding hydrogens is 1230 g/mol. The minimum atomic E-state index is -3.83. The number of nitrogen functional groups attached to an aromatic ring is 1. The molecular formula is C62H110N14O14P2. The molecule has 0 spiro atoms. The fraction of sp³-hybridized carbons (Fsp3) is 0.758. The number of carbonyl (C=O) groups is 5. The predicted octanol–water partition coefficient (Wildman–Crippen LogP) is 11.3. The van der Waals surface area contributed by atoms with Gasteiger partial charge in [0.05, 0.1) is 71.0 Å². The maximum atomic E-state index is 14.6. The smallest absolute Gasteiger partial charge is 0.412 e. The van der Waals surface area contributed by atoms with Crippen molar-refractivity contribution in [3.63, 3.8) is 0 Å². The maximum absolute atomic E-state index is 14.6. The minimum absolute atomic E-state index is 0.204. The van der Waals surface area contributed by atoms with Crippen molar-refractivity contribution < 1.29 is 66.3 Å². The van der Waals surface area contributed by atoms with E-state index in [1.807, 2.05) is 13.8 Å². The Hall–Kier alpha value is -5.73. The molecule has 0 aliphatic heterocycles. The second-order valence-electron chi connectivity index (χ2n) is 25.3. The molecule has 28 nitrogen and oxygen atoms in total. The highest BCUT2D eigenvalue weighted by molar-refractivity contribution is 7.60. The lowest BCUT2D eigenvalue weighted by atomic mass is 10.1. The number of esters is 4. The summed E-state index contributed by atoms with van der Waals surface area (Å²) in [5.74, 6) is -1.74. The minimum Gasteiger partial charge on any atom is -0.464 e. The summed E-state index contributed by atoms with van der Waals surface area (Å²) in [6.45, 7) is 28.5. The first-order valence-electron chi connectivity index (χ1n) is 32.7. The van der Waals surface area contributed by atoms with E-state index >= 15 is 0 Å². The van der Waals surface area contributed by atoms with Crippen LogP contribution in [0, 0.1) is 0 Å². The summed E-state index contributed by atoms with van der Waals surface area (Å²) in [6, 6.07) is 0. The number of unbranched alkanes of at least 4 members (excludes halogenated alkanes) is 12. The lowest BCUT2D eigenvalue weighted by molar-refractivity contribution is -0.150. The lowest BCUT2D eigenvalue weighted by Gasteiger charge is -2.35. The number of rotatable bonds is 45. The number of hydrogen-bond donors (Lipinski definition) is 6. The first-order valence-corrected chi connectivity index (χ1v) is 36.5. The van der Waals surface area contributed by atoms with Gasteiger partial charge < -0.3 is 48.0 Å². The van der Waals surface area contributed by atoms with Gasteiger partial charge >= 0.3 is 30.0 Å². The molecule has 0 bridgehead atoms. The Morgan fingerprint density at radius 2 is 0.793 bits per heavy atom. The second kappa shape index (κ2) is 39.8. The molecule has 2 atom stereocenters. The monoisotopic (exact) mass is 1340 g/mol. The van der Waals surface area contributed by atoms with Crippen LogP contribution in [0.25, 0.3) is 22.3 Å². The van der Waals surface area contributed by atoms with Crippen LogP contribution in [0.1, 0.15) is 213 Å². The fourth-order valence-corrected chi connectivity index (χ4v) is 14.5. The molecule has 522 valence electrons. The number of fused-ring (bicyclic) bond motifs is 2. The van der Waals surface area contributed by atoms with Crippen LogP contribution in [-0.2, 0) is 74.6 Å². The third-order valence-electron chi connectivity index (χ3n) is 14.3. The summed E-state index contributed by atoms with van der Waals surface area (Å²) in [5.41, 5.74) is 2.31. The first kappa shape index (κ1) is 80.5. The summed E-state index contributed by atoms with van der Waals surface area (Å²) < 4.78 is 71.7. The van der Waals surface area contributed by atoms with E-state index in [1.54, 1.807) is 77.8 Å². The van der Waals surface area contributed by atoms with Crippen molar-refractivity contribution in [2.24, 2.45) is 0 Å². The number of carbonyl (C=O) groups excluding carboxylic acids is 5. The van der Waals surface area contributed by atoms with Crippen LogP contribution in [-0.4, -0.2) is 149 Å². The van der Waals surface area contributed by atoms with Gasteiger partial charge in [-0.05, 0) is 101 Å². The van der Waals surface area contributed by atoms with E-state index in [2.05, 4.69) is 83.3 Å². The predicted molar refractivity (Wildman–Crippen MR) is 356 cm³/mol. The Balaban J connectivity index is 0.000000484. The van der Waals surface area contributed by atoms with Crippen LogP contribution in [0.4, 0.5) is 16.4 Å². The number of imidazole rings is 2. The van der Waals surface area contributed by atoms with E-state index in [0.29, 0.717) is 35.3 Å². The summed E-state index contributed by atoms with van der Waals surface area (Å²) in [5, 5.41) is 14.4. The lowest BCUT2D eigenvalue weighted by Crippen LogP contribution is -2.54. The number of hydrogen-bond acceptors (Lipinski definition) is 21. The highest BCUT2D eigenvalue weighted by Crippen LogP contribution is 2.44. The summed E-state index contributed by atoms with van der Waals surface area (Å²) in [4.78, 5) is 89.6. The number of anilines is 2. The highest BCUT2D eigenvalue weighted by Gasteiger charge is 2.45. The molecule has 4 heterocycles. The number of aromatic nitrogens is 8. The molecule has 4 aromatic heterocycles. The van der Waals surface area contributed by atoms with Crippen LogP contribution in [0.15, 0.2) is 25.3 Å². The zero-order chi connectivity index (χ0) is 68.6. The van der Waals surface area contributed by atoms with Gasteiger partial charge in [-0.3, -0.25) is 33.6 Å². The van der Waals surface area contributed by atoms with Gasteiger partial charge in [-0.15, -0.1) is 0 Å². The van der Waals surface area contributed by atoms with Crippen molar-refractivity contribution in [1.82, 2.24) is 59.4 Å². The first-order chi connectivity index (χ1) is 43.4. The van der Waals surface area contributed by atoms with Crippen LogP contribution in [0.5, 0.6) is 0 Å². The van der Waals surface area contributed by atoms with E-state index in [4.69, 9.17) is 38.9 Å². The van der Waals surface area contributed by atoms with Gasteiger partial charge in [-0.2, -0.15) is 0 Å². The fourth-order valence-electron chi connectivity index (χ4n) is 9.26. The molecule has 0 aliphatic carbocycles. The van der Waals surface area contributed by atoms with Crippen molar-refractivity contribution in [2.75, 3.05) is 56.8 Å². The van der Waals surface area contributed by atoms with Crippen LogP contribution >= 0.6 is 14.9 Å². The molecule has 92 heavy (non-hydrogen) atoms. The largest absolute Gasteiger partial charge is 0.464 e. The Labute approximate surface area is 544 Å². The molecule has 1 amide bonds. The zero-order valence-electron chi connectivity index (χ0n) is 57.6. The number of ether oxygens (including phenoxy) is 7. The Morgan fingerprint density at radius 1 is 0.457 bits per heavy atom. The highest BCUT2D eigenvalue weighted by atomic mass is 31.2. The van der Waals surface area contributed by atoms with Gasteiger partial charge in [0.1, 0.15) is 53.0 Å². The van der Waals surface area contributed by atoms with Gasteiger partial charge in [0.2, 0.25) is 14.9 Å². The average molecular weight is 1340 g/mol. The SMILES string of the molecule is CCCCCCOC(=O)C(C)(C)NP(=O)(CO[C@H](C)Cn1cnc2c(N)ncnc21)NC(C)(C)C(=O)OCCCCCC.CCCCCCOC(=O)C(C)(C)NP(=O)(CO[C@H](C)Cn1cnc2c(NC(=O)OCCC)ncnc21)NC(C)(C)C(=O)OCCCCCC. The van der Waals surface area contributed by atoms with Gasteiger partial charge in [-0.1, -0.05) is 112 Å². The van der Waals surface area contributed by atoms with E-state index in [9.17, 15) is 33.1 Å². The molecule has 0 saturated heterocycles. The molecule has 4 aromatic rings.